The van der Waals surface area contributed by atoms with Gasteiger partial charge in [-0.05, 0) is 5.92 Å². The first kappa shape index (κ1) is 9.99. The van der Waals surface area contributed by atoms with Gasteiger partial charge in [0.25, 0.3) is 0 Å². The first-order chi connectivity index (χ1) is 4.59. The van der Waals surface area contributed by atoms with E-state index in [1.165, 1.54) is 5.54 Å². The van der Waals surface area contributed by atoms with Gasteiger partial charge in [-0.1, -0.05) is 38.4 Å². The summed E-state index contributed by atoms with van der Waals surface area (Å²) in [4.78, 5) is 0. The third kappa shape index (κ3) is 3.23. The molecule has 2 atom stereocenters. The van der Waals surface area contributed by atoms with Gasteiger partial charge in [-0.2, -0.15) is 0 Å². The summed E-state index contributed by atoms with van der Waals surface area (Å²) in [6.07, 6.45) is 1.52. The number of hydrogen-bond acceptors (Lipinski definition) is 1. The largest absolute Gasteiger partial charge is 0.392 e. The van der Waals surface area contributed by atoms with Crippen molar-refractivity contribution >= 4 is 11.6 Å². The Morgan fingerprint density at radius 2 is 1.80 bits per heavy atom. The highest BCUT2D eigenvalue weighted by Crippen LogP contribution is 2.13. The van der Waals surface area contributed by atoms with E-state index in [0.717, 1.165) is 0 Å². The predicted octanol–water partition coefficient (Wildman–Crippen LogP) is 2.39. The molecule has 0 saturated carbocycles. The fraction of sp³-hybridized carbons (Fsp3) is 0.750. The van der Waals surface area contributed by atoms with Gasteiger partial charge in [0.2, 0.25) is 0 Å². The van der Waals surface area contributed by atoms with Crippen LogP contribution in [0.5, 0.6) is 0 Å². The van der Waals surface area contributed by atoms with Gasteiger partial charge in [-0.15, -0.1) is 0 Å². The van der Waals surface area contributed by atoms with Crippen LogP contribution in [0, 0.1) is 11.8 Å². The molecule has 1 N–H and O–H groups in total. The molecule has 0 aromatic heterocycles. The molecule has 0 spiro atoms. The number of aliphatic hydroxyl groups excluding tert-OH is 1. The van der Waals surface area contributed by atoms with E-state index in [9.17, 15) is 5.11 Å². The van der Waals surface area contributed by atoms with E-state index in [1.54, 1.807) is 6.08 Å². The summed E-state index contributed by atoms with van der Waals surface area (Å²) in [7, 11) is 0. The van der Waals surface area contributed by atoms with Gasteiger partial charge in [0.1, 0.15) is 0 Å². The third-order valence-electron chi connectivity index (χ3n) is 1.60. The highest BCUT2D eigenvalue weighted by molar-refractivity contribution is 6.25. The second-order valence-electron chi connectivity index (χ2n) is 2.91. The maximum absolute atomic E-state index is 9.42. The van der Waals surface area contributed by atoms with E-state index in [2.05, 4.69) is 0 Å². The van der Waals surface area contributed by atoms with E-state index in [4.69, 9.17) is 11.6 Å². The van der Waals surface area contributed by atoms with Crippen molar-refractivity contribution in [3.8, 4) is 0 Å². The van der Waals surface area contributed by atoms with Gasteiger partial charge in [0.05, 0.1) is 6.10 Å². The van der Waals surface area contributed by atoms with Crippen molar-refractivity contribution < 1.29 is 5.11 Å². The Hall–Kier alpha value is -0.0100. The maximum atomic E-state index is 9.42. The van der Waals surface area contributed by atoms with Crippen LogP contribution in [0.25, 0.3) is 0 Å². The Balaban J connectivity index is 3.81. The molecule has 0 radical (unpaired) electrons. The van der Waals surface area contributed by atoms with Gasteiger partial charge in [0, 0.05) is 11.5 Å². The van der Waals surface area contributed by atoms with Crippen LogP contribution in [-0.2, 0) is 0 Å². The number of halogens is 1. The first-order valence-corrected chi connectivity index (χ1v) is 3.98. The normalized spacial score (nSPS) is 18.2. The van der Waals surface area contributed by atoms with Crippen molar-refractivity contribution in [1.82, 2.24) is 0 Å². The van der Waals surface area contributed by atoms with Crippen LogP contribution in [-0.4, -0.2) is 11.2 Å². The van der Waals surface area contributed by atoms with Crippen molar-refractivity contribution in [2.24, 2.45) is 11.8 Å². The molecule has 0 aliphatic heterocycles. The number of hydrogen-bond donors (Lipinski definition) is 1. The summed E-state index contributed by atoms with van der Waals surface area (Å²) in [6.45, 7) is 5.93. The third-order valence-corrected chi connectivity index (χ3v) is 1.74. The van der Waals surface area contributed by atoms with E-state index in [0.29, 0.717) is 5.92 Å². The highest BCUT2D eigenvalue weighted by atomic mass is 35.5. The number of rotatable bonds is 3. The van der Waals surface area contributed by atoms with E-state index in [-0.39, 0.29) is 12.0 Å². The van der Waals surface area contributed by atoms with Crippen LogP contribution >= 0.6 is 11.6 Å². The minimum absolute atomic E-state index is 0.150. The number of aliphatic hydroxyl groups is 1. The molecule has 0 aromatic carbocycles. The SMILES string of the molecule is CC(C)[C@@H](O)[C@@H](C)/C=C\Cl. The van der Waals surface area contributed by atoms with Crippen LogP contribution in [0.4, 0.5) is 0 Å². The molecule has 2 heteroatoms. The average molecular weight is 163 g/mol. The summed E-state index contributed by atoms with van der Waals surface area (Å²) in [6, 6.07) is 0. The summed E-state index contributed by atoms with van der Waals surface area (Å²) in [5, 5.41) is 9.42. The van der Waals surface area contributed by atoms with Crippen LogP contribution in [0.1, 0.15) is 20.8 Å². The van der Waals surface area contributed by atoms with Gasteiger partial charge >= 0.3 is 0 Å². The van der Waals surface area contributed by atoms with Crippen molar-refractivity contribution in [2.75, 3.05) is 0 Å². The van der Waals surface area contributed by atoms with Crippen LogP contribution in [0.2, 0.25) is 0 Å². The Morgan fingerprint density at radius 1 is 1.30 bits per heavy atom. The van der Waals surface area contributed by atoms with Gasteiger partial charge in [-0.25, -0.2) is 0 Å². The molecule has 0 saturated heterocycles. The molecule has 0 heterocycles. The van der Waals surface area contributed by atoms with E-state index < -0.39 is 0 Å². The summed E-state index contributed by atoms with van der Waals surface area (Å²) < 4.78 is 0. The zero-order valence-electron chi connectivity index (χ0n) is 6.71. The minimum Gasteiger partial charge on any atom is -0.392 e. The van der Waals surface area contributed by atoms with E-state index in [1.807, 2.05) is 20.8 Å². The van der Waals surface area contributed by atoms with Crippen molar-refractivity contribution in [1.29, 1.82) is 0 Å². The monoisotopic (exact) mass is 162 g/mol. The highest BCUT2D eigenvalue weighted by Gasteiger charge is 2.14. The Bertz CT molecular complexity index is 110. The lowest BCUT2D eigenvalue weighted by molar-refractivity contribution is 0.0912. The lowest BCUT2D eigenvalue weighted by atomic mass is 9.95. The lowest BCUT2D eigenvalue weighted by Crippen LogP contribution is -2.21. The molecule has 0 aliphatic rings. The molecule has 0 fully saturated rings. The van der Waals surface area contributed by atoms with Gasteiger partial charge < -0.3 is 5.11 Å². The zero-order valence-corrected chi connectivity index (χ0v) is 7.47. The van der Waals surface area contributed by atoms with Crippen LogP contribution < -0.4 is 0 Å². The van der Waals surface area contributed by atoms with Crippen LogP contribution in [0.3, 0.4) is 0 Å². The first-order valence-electron chi connectivity index (χ1n) is 3.54. The van der Waals surface area contributed by atoms with Gasteiger partial charge in [-0.3, -0.25) is 0 Å². The minimum atomic E-state index is -0.282. The second-order valence-corrected chi connectivity index (χ2v) is 3.16. The standard InChI is InChI=1S/C8H15ClO/c1-6(2)8(10)7(3)4-5-9/h4-8,10H,1-3H3/b5-4-/t7-,8+/m0/s1. The predicted molar refractivity (Wildman–Crippen MR) is 45.0 cm³/mol. The topological polar surface area (TPSA) is 20.2 Å². The smallest absolute Gasteiger partial charge is 0.0623 e. The molecule has 0 aliphatic carbocycles. The lowest BCUT2D eigenvalue weighted by Gasteiger charge is -2.18. The van der Waals surface area contributed by atoms with Crippen molar-refractivity contribution in [2.45, 2.75) is 26.9 Å². The second kappa shape index (κ2) is 4.75. The average Bonchev–Trinajstić information content (AvgIpc) is 1.87. The van der Waals surface area contributed by atoms with E-state index >= 15 is 0 Å². The molecule has 0 amide bonds. The quantitative estimate of drug-likeness (QED) is 0.676. The fourth-order valence-corrected chi connectivity index (χ4v) is 1.07. The molecule has 60 valence electrons. The molecule has 0 bridgehead atoms. The Labute approximate surface area is 67.7 Å². The van der Waals surface area contributed by atoms with Crippen molar-refractivity contribution in [3.63, 3.8) is 0 Å². The molecular formula is C8H15ClO. The molecule has 0 aromatic rings. The Morgan fingerprint density at radius 3 is 2.10 bits per heavy atom. The molecule has 0 unspecified atom stereocenters. The molecule has 1 nitrogen and oxygen atoms in total. The maximum Gasteiger partial charge on any atom is 0.0623 e. The van der Waals surface area contributed by atoms with Gasteiger partial charge in [0.15, 0.2) is 0 Å². The summed E-state index contributed by atoms with van der Waals surface area (Å²) in [5.74, 6) is 0.445. The summed E-state index contributed by atoms with van der Waals surface area (Å²) in [5.41, 5.74) is 1.45. The molecule has 10 heavy (non-hydrogen) atoms. The van der Waals surface area contributed by atoms with Crippen LogP contribution in [0.15, 0.2) is 11.6 Å². The Kier molecular flexibility index (Phi) is 4.75. The zero-order chi connectivity index (χ0) is 8.15. The fourth-order valence-electron chi connectivity index (χ4n) is 0.836. The molecule has 0 rings (SSSR count). The van der Waals surface area contributed by atoms with Crippen molar-refractivity contribution in [3.05, 3.63) is 11.6 Å². The molecular weight excluding hydrogens is 148 g/mol. The summed E-state index contributed by atoms with van der Waals surface area (Å²) >= 11 is 5.35.